The van der Waals surface area contributed by atoms with Crippen molar-refractivity contribution < 1.29 is 9.53 Å². The third-order valence-electron chi connectivity index (χ3n) is 3.35. The van der Waals surface area contributed by atoms with E-state index in [2.05, 4.69) is 10.1 Å². The van der Waals surface area contributed by atoms with Crippen molar-refractivity contribution in [1.82, 2.24) is 19.7 Å². The van der Waals surface area contributed by atoms with Crippen molar-refractivity contribution in [3.63, 3.8) is 0 Å². The minimum Gasteiger partial charge on any atom is -0.370 e. The van der Waals surface area contributed by atoms with Crippen molar-refractivity contribution in [3.05, 3.63) is 48.5 Å². The van der Waals surface area contributed by atoms with Gasteiger partial charge in [-0.15, -0.1) is 0 Å². The average molecular weight is 272 g/mol. The molecule has 0 N–H and O–H groups in total. The van der Waals surface area contributed by atoms with Gasteiger partial charge in [-0.25, -0.2) is 0 Å². The molecule has 1 amide bonds. The van der Waals surface area contributed by atoms with E-state index in [0.29, 0.717) is 19.7 Å². The summed E-state index contributed by atoms with van der Waals surface area (Å²) < 4.78 is 7.37. The van der Waals surface area contributed by atoms with Crippen molar-refractivity contribution in [2.24, 2.45) is 0 Å². The summed E-state index contributed by atoms with van der Waals surface area (Å²) in [5, 5.41) is 4.06. The molecule has 0 radical (unpaired) electrons. The van der Waals surface area contributed by atoms with E-state index < -0.39 is 0 Å². The van der Waals surface area contributed by atoms with Crippen LogP contribution in [0, 0.1) is 0 Å². The van der Waals surface area contributed by atoms with Crippen LogP contribution >= 0.6 is 0 Å². The Morgan fingerprint density at radius 2 is 2.20 bits per heavy atom. The summed E-state index contributed by atoms with van der Waals surface area (Å²) in [5.74, 6) is 0.0658. The van der Waals surface area contributed by atoms with Gasteiger partial charge in [-0.2, -0.15) is 5.10 Å². The molecule has 3 heterocycles. The molecule has 0 spiro atoms. The van der Waals surface area contributed by atoms with Crippen LogP contribution in [0.1, 0.15) is 11.7 Å². The molecule has 0 aromatic carbocycles. The van der Waals surface area contributed by atoms with Crippen LogP contribution in [0.5, 0.6) is 0 Å². The minimum atomic E-state index is -0.0756. The first-order valence-electron chi connectivity index (χ1n) is 6.59. The predicted octanol–water partition coefficient (Wildman–Crippen LogP) is 0.878. The highest BCUT2D eigenvalue weighted by Crippen LogP contribution is 2.21. The Hall–Kier alpha value is -2.21. The number of carbonyl (C=O) groups is 1. The van der Waals surface area contributed by atoms with Crippen LogP contribution in [0.3, 0.4) is 0 Å². The molecule has 3 rings (SSSR count). The molecule has 0 aliphatic carbocycles. The highest BCUT2D eigenvalue weighted by atomic mass is 16.5. The first-order chi connectivity index (χ1) is 9.83. The molecule has 2 aromatic heterocycles. The van der Waals surface area contributed by atoms with E-state index in [-0.39, 0.29) is 18.6 Å². The maximum Gasteiger partial charge on any atom is 0.244 e. The fourth-order valence-corrected chi connectivity index (χ4v) is 2.29. The zero-order valence-electron chi connectivity index (χ0n) is 11.1. The number of pyridine rings is 1. The number of hydrogen-bond acceptors (Lipinski definition) is 4. The lowest BCUT2D eigenvalue weighted by molar-refractivity contribution is -0.139. The van der Waals surface area contributed by atoms with Gasteiger partial charge in [0.05, 0.1) is 13.2 Å². The first-order valence-corrected chi connectivity index (χ1v) is 6.59. The Balaban J connectivity index is 1.64. The van der Waals surface area contributed by atoms with Crippen LogP contribution in [0.4, 0.5) is 0 Å². The highest BCUT2D eigenvalue weighted by molar-refractivity contribution is 5.76. The van der Waals surface area contributed by atoms with Crippen molar-refractivity contribution in [1.29, 1.82) is 0 Å². The summed E-state index contributed by atoms with van der Waals surface area (Å²) in [6.45, 7) is 2.03. The molecule has 0 unspecified atom stereocenters. The summed E-state index contributed by atoms with van der Waals surface area (Å²) >= 11 is 0. The second-order valence-corrected chi connectivity index (χ2v) is 4.68. The fraction of sp³-hybridized carbons (Fsp3) is 0.357. The summed E-state index contributed by atoms with van der Waals surface area (Å²) in [6.07, 6.45) is 6.87. The van der Waals surface area contributed by atoms with Crippen LogP contribution < -0.4 is 0 Å². The van der Waals surface area contributed by atoms with Crippen LogP contribution in [0.25, 0.3) is 0 Å². The lowest BCUT2D eigenvalue weighted by atomic mass is 10.1. The lowest BCUT2D eigenvalue weighted by Crippen LogP contribution is -2.43. The zero-order valence-corrected chi connectivity index (χ0v) is 11.1. The van der Waals surface area contributed by atoms with Crippen LogP contribution in [-0.4, -0.2) is 45.3 Å². The number of hydrogen-bond donors (Lipinski definition) is 0. The lowest BCUT2D eigenvalue weighted by Gasteiger charge is -2.33. The molecule has 1 aliphatic heterocycles. The molecule has 1 aliphatic rings. The minimum absolute atomic E-state index is 0.0658. The van der Waals surface area contributed by atoms with Gasteiger partial charge in [-0.1, -0.05) is 0 Å². The van der Waals surface area contributed by atoms with Crippen LogP contribution in [-0.2, 0) is 16.1 Å². The SMILES string of the molecule is O=C(Cn1cccn1)N1CCO[C@H](c2ccncc2)C1. The molecular weight excluding hydrogens is 256 g/mol. The second kappa shape index (κ2) is 5.83. The van der Waals surface area contributed by atoms with Crippen molar-refractivity contribution in [2.75, 3.05) is 19.7 Å². The van der Waals surface area contributed by atoms with Crippen molar-refractivity contribution in [2.45, 2.75) is 12.6 Å². The topological polar surface area (TPSA) is 60.2 Å². The van der Waals surface area contributed by atoms with Gasteiger partial charge in [0.15, 0.2) is 0 Å². The number of amides is 1. The molecule has 20 heavy (non-hydrogen) atoms. The molecule has 1 atom stereocenters. The van der Waals surface area contributed by atoms with Gasteiger partial charge in [-0.3, -0.25) is 14.5 Å². The monoisotopic (exact) mass is 272 g/mol. The predicted molar refractivity (Wildman–Crippen MR) is 71.7 cm³/mol. The van der Waals surface area contributed by atoms with E-state index in [1.807, 2.05) is 23.1 Å². The van der Waals surface area contributed by atoms with E-state index in [4.69, 9.17) is 4.74 Å². The summed E-state index contributed by atoms with van der Waals surface area (Å²) in [4.78, 5) is 18.1. The Kier molecular flexibility index (Phi) is 3.73. The van der Waals surface area contributed by atoms with Crippen molar-refractivity contribution >= 4 is 5.91 Å². The van der Waals surface area contributed by atoms with E-state index >= 15 is 0 Å². The maximum absolute atomic E-state index is 12.2. The average Bonchev–Trinajstić information content (AvgIpc) is 3.01. The zero-order chi connectivity index (χ0) is 13.8. The molecule has 1 fully saturated rings. The van der Waals surface area contributed by atoms with E-state index in [1.165, 1.54) is 0 Å². The molecule has 6 nitrogen and oxygen atoms in total. The maximum atomic E-state index is 12.2. The number of morpholine rings is 1. The Bertz CT molecular complexity index is 556. The summed E-state index contributed by atoms with van der Waals surface area (Å²) in [6, 6.07) is 5.66. The van der Waals surface area contributed by atoms with Gasteiger partial charge >= 0.3 is 0 Å². The molecule has 104 valence electrons. The normalized spacial score (nSPS) is 19.0. The third-order valence-corrected chi connectivity index (χ3v) is 3.35. The van der Waals surface area contributed by atoms with Crippen molar-refractivity contribution in [3.8, 4) is 0 Å². The van der Waals surface area contributed by atoms with Gasteiger partial charge in [0.1, 0.15) is 12.6 Å². The quantitative estimate of drug-likeness (QED) is 0.832. The van der Waals surface area contributed by atoms with E-state index in [9.17, 15) is 4.79 Å². The number of carbonyl (C=O) groups excluding carboxylic acids is 1. The molecule has 0 saturated carbocycles. The molecule has 0 bridgehead atoms. The largest absolute Gasteiger partial charge is 0.370 e. The number of rotatable bonds is 3. The van der Waals surface area contributed by atoms with Crippen LogP contribution in [0.2, 0.25) is 0 Å². The Morgan fingerprint density at radius 3 is 2.95 bits per heavy atom. The number of aromatic nitrogens is 3. The van der Waals surface area contributed by atoms with E-state index in [0.717, 1.165) is 5.56 Å². The molecule has 2 aromatic rings. The Morgan fingerprint density at radius 1 is 1.35 bits per heavy atom. The molecule has 1 saturated heterocycles. The van der Waals surface area contributed by atoms with Gasteiger partial charge in [-0.05, 0) is 23.8 Å². The second-order valence-electron chi connectivity index (χ2n) is 4.68. The van der Waals surface area contributed by atoms with E-state index in [1.54, 1.807) is 29.5 Å². The number of nitrogens with zero attached hydrogens (tertiary/aromatic N) is 4. The van der Waals surface area contributed by atoms with Crippen LogP contribution in [0.15, 0.2) is 43.0 Å². The Labute approximate surface area is 117 Å². The number of ether oxygens (including phenoxy) is 1. The summed E-state index contributed by atoms with van der Waals surface area (Å²) in [7, 11) is 0. The van der Waals surface area contributed by atoms with Gasteiger partial charge < -0.3 is 9.64 Å². The van der Waals surface area contributed by atoms with Gasteiger partial charge in [0, 0.05) is 31.3 Å². The third kappa shape index (κ3) is 2.85. The molecule has 6 heteroatoms. The van der Waals surface area contributed by atoms with Gasteiger partial charge in [0.25, 0.3) is 0 Å². The first kappa shape index (κ1) is 12.8. The standard InChI is InChI=1S/C14H16N4O2/c19-14(11-18-7-1-4-16-18)17-8-9-20-13(10-17)12-2-5-15-6-3-12/h1-7,13H,8-11H2/t13-/m0/s1. The van der Waals surface area contributed by atoms with Gasteiger partial charge in [0.2, 0.25) is 5.91 Å². The highest BCUT2D eigenvalue weighted by Gasteiger charge is 2.25. The smallest absolute Gasteiger partial charge is 0.244 e. The molecular formula is C14H16N4O2. The fourth-order valence-electron chi connectivity index (χ4n) is 2.29. The summed E-state index contributed by atoms with van der Waals surface area (Å²) in [5.41, 5.74) is 1.05.